The fourth-order valence-electron chi connectivity index (χ4n) is 2.54. The molecule has 2 aromatic carbocycles. The summed E-state index contributed by atoms with van der Waals surface area (Å²) < 4.78 is 0. The Morgan fingerprint density at radius 2 is 1.73 bits per heavy atom. The van der Waals surface area contributed by atoms with Crippen molar-refractivity contribution in [1.29, 1.82) is 0 Å². The largest absolute Gasteiger partial charge is 0.378 e. The minimum Gasteiger partial charge on any atom is -0.378 e. The molecule has 112 valence electrons. The van der Waals surface area contributed by atoms with Gasteiger partial charge in [0.25, 0.3) is 0 Å². The SMILES string of the molecule is CN(C)c1ccc(CC2C(=O)ON=C2c2ccccc2)cc1. The Kier molecular flexibility index (Phi) is 3.92. The molecule has 0 saturated carbocycles. The van der Waals surface area contributed by atoms with Crippen LogP contribution in [-0.4, -0.2) is 25.8 Å². The van der Waals surface area contributed by atoms with Crippen molar-refractivity contribution in [3.8, 4) is 0 Å². The summed E-state index contributed by atoms with van der Waals surface area (Å²) in [6.45, 7) is 0. The highest BCUT2D eigenvalue weighted by Gasteiger charge is 2.33. The van der Waals surface area contributed by atoms with Crippen molar-refractivity contribution in [2.24, 2.45) is 11.1 Å². The van der Waals surface area contributed by atoms with Crippen molar-refractivity contribution in [2.45, 2.75) is 6.42 Å². The summed E-state index contributed by atoms with van der Waals surface area (Å²) in [6, 6.07) is 17.9. The van der Waals surface area contributed by atoms with E-state index >= 15 is 0 Å². The first-order chi connectivity index (χ1) is 10.6. The van der Waals surface area contributed by atoms with E-state index in [0.717, 1.165) is 16.8 Å². The van der Waals surface area contributed by atoms with Crippen LogP contribution in [0, 0.1) is 5.92 Å². The Labute approximate surface area is 130 Å². The van der Waals surface area contributed by atoms with Crippen LogP contribution in [0.4, 0.5) is 5.69 Å². The molecular formula is C18H18N2O2. The molecule has 0 aliphatic carbocycles. The Morgan fingerprint density at radius 1 is 1.05 bits per heavy atom. The zero-order valence-corrected chi connectivity index (χ0v) is 12.7. The Morgan fingerprint density at radius 3 is 2.36 bits per heavy atom. The van der Waals surface area contributed by atoms with E-state index in [4.69, 9.17) is 4.84 Å². The maximum absolute atomic E-state index is 12.0. The molecule has 0 bridgehead atoms. The van der Waals surface area contributed by atoms with Crippen LogP contribution in [0.5, 0.6) is 0 Å². The molecule has 1 heterocycles. The highest BCUT2D eigenvalue weighted by atomic mass is 16.7. The predicted octanol–water partition coefficient (Wildman–Crippen LogP) is 2.87. The lowest BCUT2D eigenvalue weighted by Crippen LogP contribution is -2.21. The van der Waals surface area contributed by atoms with Gasteiger partial charge in [-0.05, 0) is 24.1 Å². The Bertz CT molecular complexity index is 691. The first-order valence-corrected chi connectivity index (χ1v) is 7.25. The molecule has 1 aliphatic heterocycles. The lowest BCUT2D eigenvalue weighted by Gasteiger charge is -2.14. The van der Waals surface area contributed by atoms with Crippen LogP contribution >= 0.6 is 0 Å². The van der Waals surface area contributed by atoms with Crippen LogP contribution in [0.15, 0.2) is 59.8 Å². The number of carbonyl (C=O) groups excluding carboxylic acids is 1. The number of anilines is 1. The highest BCUT2D eigenvalue weighted by Crippen LogP contribution is 2.23. The molecule has 0 spiro atoms. The van der Waals surface area contributed by atoms with Crippen molar-refractivity contribution in [2.75, 3.05) is 19.0 Å². The lowest BCUT2D eigenvalue weighted by atomic mass is 9.91. The van der Waals surface area contributed by atoms with Gasteiger partial charge in [0.05, 0.1) is 0 Å². The first kappa shape index (κ1) is 14.3. The number of benzene rings is 2. The van der Waals surface area contributed by atoms with E-state index < -0.39 is 0 Å². The summed E-state index contributed by atoms with van der Waals surface area (Å²) in [5, 5.41) is 3.97. The number of hydrogen-bond donors (Lipinski definition) is 0. The van der Waals surface area contributed by atoms with Gasteiger partial charge in [-0.15, -0.1) is 0 Å². The summed E-state index contributed by atoms with van der Waals surface area (Å²) in [5.41, 5.74) is 3.87. The van der Waals surface area contributed by atoms with E-state index in [1.807, 2.05) is 61.5 Å². The van der Waals surface area contributed by atoms with E-state index in [1.54, 1.807) is 0 Å². The quantitative estimate of drug-likeness (QED) is 0.814. The molecule has 2 aromatic rings. The van der Waals surface area contributed by atoms with Gasteiger partial charge >= 0.3 is 5.97 Å². The van der Waals surface area contributed by atoms with Crippen LogP contribution < -0.4 is 4.90 Å². The molecule has 3 rings (SSSR count). The van der Waals surface area contributed by atoms with Gasteiger partial charge in [-0.3, -0.25) is 0 Å². The normalized spacial score (nSPS) is 17.1. The summed E-state index contributed by atoms with van der Waals surface area (Å²) in [7, 11) is 4.01. The summed E-state index contributed by atoms with van der Waals surface area (Å²) in [5.74, 6) is -0.622. The average Bonchev–Trinajstić information content (AvgIpc) is 2.90. The fraction of sp³-hybridized carbons (Fsp3) is 0.222. The van der Waals surface area contributed by atoms with Gasteiger partial charge < -0.3 is 9.74 Å². The van der Waals surface area contributed by atoms with E-state index in [1.165, 1.54) is 0 Å². The van der Waals surface area contributed by atoms with Crippen molar-refractivity contribution in [3.05, 3.63) is 65.7 Å². The second kappa shape index (κ2) is 6.02. The van der Waals surface area contributed by atoms with Crippen LogP contribution in [0.25, 0.3) is 0 Å². The molecule has 1 aliphatic rings. The molecule has 0 amide bonds. The van der Waals surface area contributed by atoms with Crippen LogP contribution in [0.2, 0.25) is 0 Å². The monoisotopic (exact) mass is 294 g/mol. The molecule has 1 atom stereocenters. The minimum absolute atomic E-state index is 0.282. The Balaban J connectivity index is 1.81. The summed E-state index contributed by atoms with van der Waals surface area (Å²) in [6.07, 6.45) is 0.597. The van der Waals surface area contributed by atoms with Crippen molar-refractivity contribution in [1.82, 2.24) is 0 Å². The van der Waals surface area contributed by atoms with Crippen LogP contribution in [0.1, 0.15) is 11.1 Å². The van der Waals surface area contributed by atoms with Crippen molar-refractivity contribution >= 4 is 17.4 Å². The second-order valence-corrected chi connectivity index (χ2v) is 5.57. The lowest BCUT2D eigenvalue weighted by molar-refractivity contribution is -0.143. The number of oxime groups is 1. The number of carbonyl (C=O) groups is 1. The van der Waals surface area contributed by atoms with Gasteiger partial charge in [-0.2, -0.15) is 0 Å². The average molecular weight is 294 g/mol. The summed E-state index contributed by atoms with van der Waals surface area (Å²) in [4.78, 5) is 18.9. The van der Waals surface area contributed by atoms with Gasteiger partial charge in [0, 0.05) is 25.3 Å². The third kappa shape index (κ3) is 2.86. The standard InChI is InChI=1S/C18H18N2O2/c1-20(2)15-10-8-13(9-11-15)12-16-17(19-22-18(16)21)14-6-4-3-5-7-14/h3-11,16H,12H2,1-2H3. The minimum atomic E-state index is -0.340. The van der Waals surface area contributed by atoms with E-state index in [0.29, 0.717) is 12.1 Å². The smallest absolute Gasteiger partial charge is 0.344 e. The van der Waals surface area contributed by atoms with E-state index in [9.17, 15) is 4.79 Å². The highest BCUT2D eigenvalue weighted by molar-refractivity contribution is 6.14. The number of rotatable bonds is 4. The van der Waals surface area contributed by atoms with Gasteiger partial charge in [0.15, 0.2) is 0 Å². The third-order valence-corrected chi connectivity index (χ3v) is 3.81. The topological polar surface area (TPSA) is 41.9 Å². The zero-order valence-electron chi connectivity index (χ0n) is 12.7. The molecule has 0 N–H and O–H groups in total. The third-order valence-electron chi connectivity index (χ3n) is 3.81. The van der Waals surface area contributed by atoms with Gasteiger partial charge in [-0.25, -0.2) is 4.79 Å². The molecule has 4 nitrogen and oxygen atoms in total. The van der Waals surface area contributed by atoms with Gasteiger partial charge in [0.2, 0.25) is 0 Å². The molecule has 1 unspecified atom stereocenters. The molecule has 0 fully saturated rings. The number of nitrogens with zero attached hydrogens (tertiary/aromatic N) is 2. The number of hydrogen-bond acceptors (Lipinski definition) is 4. The van der Waals surface area contributed by atoms with E-state index in [2.05, 4.69) is 17.3 Å². The van der Waals surface area contributed by atoms with Crippen LogP contribution in [-0.2, 0) is 16.1 Å². The molecule has 0 aromatic heterocycles. The maximum Gasteiger partial charge on any atom is 0.344 e. The second-order valence-electron chi connectivity index (χ2n) is 5.57. The van der Waals surface area contributed by atoms with Crippen LogP contribution in [0.3, 0.4) is 0 Å². The fourth-order valence-corrected chi connectivity index (χ4v) is 2.54. The van der Waals surface area contributed by atoms with Gasteiger partial charge in [0.1, 0.15) is 11.6 Å². The molecule has 0 radical (unpaired) electrons. The predicted molar refractivity (Wildman–Crippen MR) is 87.0 cm³/mol. The maximum atomic E-state index is 12.0. The van der Waals surface area contributed by atoms with Crippen molar-refractivity contribution < 1.29 is 9.63 Å². The summed E-state index contributed by atoms with van der Waals surface area (Å²) >= 11 is 0. The first-order valence-electron chi connectivity index (χ1n) is 7.25. The molecular weight excluding hydrogens is 276 g/mol. The van der Waals surface area contributed by atoms with Crippen molar-refractivity contribution in [3.63, 3.8) is 0 Å². The Hall–Kier alpha value is -2.62. The molecule has 22 heavy (non-hydrogen) atoms. The van der Waals surface area contributed by atoms with E-state index in [-0.39, 0.29) is 11.9 Å². The molecule has 0 saturated heterocycles. The van der Waals surface area contributed by atoms with Gasteiger partial charge in [-0.1, -0.05) is 47.6 Å². The zero-order chi connectivity index (χ0) is 15.5. The molecule has 4 heteroatoms.